The minimum Gasteiger partial charge on any atom is -0.298 e. The molecule has 0 bridgehead atoms. The largest absolute Gasteiger partial charge is 0.298 e. The summed E-state index contributed by atoms with van der Waals surface area (Å²) >= 11 is 0. The maximum atomic E-state index is 13.0. The maximum Gasteiger partial charge on any atom is 0.146 e. The molecule has 0 amide bonds. The third-order valence-electron chi connectivity index (χ3n) is 4.48. The Morgan fingerprint density at radius 3 is 2.47 bits per heavy atom. The number of Topliss-reactive ketones (excluding diaryl/α,β-unsaturated/α-hetero) is 1. The predicted octanol–water partition coefficient (Wildman–Crippen LogP) is 4.67. The lowest BCUT2D eigenvalue weighted by Crippen LogP contribution is -2.38. The molecule has 0 aromatic heterocycles. The van der Waals surface area contributed by atoms with E-state index in [2.05, 4.69) is 25.6 Å². The summed E-state index contributed by atoms with van der Waals surface area (Å²) in [5, 5.41) is 0. The van der Waals surface area contributed by atoms with Gasteiger partial charge in [0.15, 0.2) is 0 Å². The average molecular weight is 256 g/mol. The van der Waals surface area contributed by atoms with Crippen LogP contribution in [0.2, 0.25) is 0 Å². The molecule has 0 aliphatic heterocycles. The molecule has 1 aliphatic carbocycles. The van der Waals surface area contributed by atoms with Crippen LogP contribution in [-0.4, -0.2) is 5.78 Å². The van der Waals surface area contributed by atoms with Gasteiger partial charge in [0.25, 0.3) is 0 Å². The van der Waals surface area contributed by atoms with Crippen LogP contribution in [-0.2, 0) is 10.2 Å². The van der Waals surface area contributed by atoms with Gasteiger partial charge in [0.2, 0.25) is 0 Å². The van der Waals surface area contributed by atoms with Gasteiger partial charge >= 0.3 is 0 Å². The van der Waals surface area contributed by atoms with E-state index in [9.17, 15) is 4.79 Å². The number of hydrogen-bond acceptors (Lipinski definition) is 1. The topological polar surface area (TPSA) is 17.1 Å². The second-order valence-corrected chi connectivity index (χ2v) is 5.89. The number of carbonyl (C=O) groups is 1. The van der Waals surface area contributed by atoms with Gasteiger partial charge in [-0.1, -0.05) is 55.7 Å². The molecule has 1 saturated carbocycles. The van der Waals surface area contributed by atoms with E-state index in [4.69, 9.17) is 0 Å². The molecule has 1 aliphatic rings. The van der Waals surface area contributed by atoms with Gasteiger partial charge in [-0.2, -0.15) is 0 Å². The van der Waals surface area contributed by atoms with E-state index in [1.807, 2.05) is 24.3 Å². The summed E-state index contributed by atoms with van der Waals surface area (Å²) in [6.45, 7) is 5.93. The van der Waals surface area contributed by atoms with Crippen molar-refractivity contribution in [3.05, 3.63) is 48.6 Å². The Morgan fingerprint density at radius 2 is 1.89 bits per heavy atom. The lowest BCUT2D eigenvalue weighted by molar-refractivity contribution is -0.129. The van der Waals surface area contributed by atoms with Crippen molar-refractivity contribution in [3.63, 3.8) is 0 Å². The molecule has 102 valence electrons. The fourth-order valence-electron chi connectivity index (χ4n) is 3.27. The summed E-state index contributed by atoms with van der Waals surface area (Å²) in [6.07, 6.45) is 8.44. The van der Waals surface area contributed by atoms with Gasteiger partial charge in [-0.15, -0.1) is 6.58 Å². The summed E-state index contributed by atoms with van der Waals surface area (Å²) in [5.74, 6) is 0.664. The summed E-state index contributed by atoms with van der Waals surface area (Å²) in [6, 6.07) is 10.2. The quantitative estimate of drug-likeness (QED) is 0.700. The normalized spacial score (nSPS) is 19.6. The lowest BCUT2D eigenvalue weighted by Gasteiger charge is -2.33. The smallest absolute Gasteiger partial charge is 0.146 e. The van der Waals surface area contributed by atoms with Crippen molar-refractivity contribution in [2.45, 2.75) is 50.9 Å². The van der Waals surface area contributed by atoms with E-state index >= 15 is 0 Å². The fraction of sp³-hybridized carbons (Fsp3) is 0.500. The van der Waals surface area contributed by atoms with Crippen LogP contribution in [0.1, 0.15) is 51.0 Å². The zero-order valence-electron chi connectivity index (χ0n) is 11.9. The monoisotopic (exact) mass is 256 g/mol. The number of ketones is 1. The Kier molecular flexibility index (Phi) is 4.57. The number of hydrogen-bond donors (Lipinski definition) is 0. The minimum atomic E-state index is -0.398. The molecule has 19 heavy (non-hydrogen) atoms. The molecule has 1 aromatic rings. The van der Waals surface area contributed by atoms with Gasteiger partial charge in [0.1, 0.15) is 5.78 Å². The van der Waals surface area contributed by atoms with Crippen LogP contribution in [0.25, 0.3) is 0 Å². The maximum absolute atomic E-state index is 13.0. The minimum absolute atomic E-state index is 0.249. The van der Waals surface area contributed by atoms with Crippen molar-refractivity contribution >= 4 is 5.78 Å². The van der Waals surface area contributed by atoms with Crippen LogP contribution < -0.4 is 0 Å². The zero-order valence-corrected chi connectivity index (χ0v) is 11.9. The van der Waals surface area contributed by atoms with Crippen LogP contribution in [0, 0.1) is 5.92 Å². The standard InChI is InChI=1S/C18H24O/c1-3-14-18(2,16-12-8-5-9-13-16)17(19)15-10-6-4-7-11-15/h3,5,8-9,12-13,15H,1,4,6-7,10-11,14H2,2H3. The Morgan fingerprint density at radius 1 is 1.26 bits per heavy atom. The second kappa shape index (κ2) is 6.18. The third kappa shape index (κ3) is 2.97. The van der Waals surface area contributed by atoms with Crippen LogP contribution in [0.5, 0.6) is 0 Å². The fourth-order valence-corrected chi connectivity index (χ4v) is 3.27. The van der Waals surface area contributed by atoms with Crippen molar-refractivity contribution in [2.75, 3.05) is 0 Å². The van der Waals surface area contributed by atoms with Crippen molar-refractivity contribution in [3.8, 4) is 0 Å². The van der Waals surface area contributed by atoms with Crippen molar-refractivity contribution in [2.24, 2.45) is 5.92 Å². The molecule has 1 heteroatoms. The van der Waals surface area contributed by atoms with Gasteiger partial charge < -0.3 is 0 Å². The molecule has 1 aromatic carbocycles. The van der Waals surface area contributed by atoms with E-state index in [1.54, 1.807) is 0 Å². The zero-order chi connectivity index (χ0) is 13.7. The molecule has 0 spiro atoms. The highest BCUT2D eigenvalue weighted by Crippen LogP contribution is 2.36. The van der Waals surface area contributed by atoms with Crippen LogP contribution >= 0.6 is 0 Å². The Bertz CT molecular complexity index is 428. The van der Waals surface area contributed by atoms with E-state index in [0.29, 0.717) is 5.78 Å². The molecule has 0 saturated heterocycles. The number of carbonyl (C=O) groups excluding carboxylic acids is 1. The summed E-state index contributed by atoms with van der Waals surface area (Å²) < 4.78 is 0. The number of benzene rings is 1. The van der Waals surface area contributed by atoms with Crippen molar-refractivity contribution in [1.29, 1.82) is 0 Å². The van der Waals surface area contributed by atoms with Gasteiger partial charge in [-0.3, -0.25) is 4.79 Å². The van der Waals surface area contributed by atoms with Crippen LogP contribution in [0.15, 0.2) is 43.0 Å². The molecular formula is C18H24O. The first-order chi connectivity index (χ1) is 9.18. The average Bonchev–Trinajstić information content (AvgIpc) is 2.48. The van der Waals surface area contributed by atoms with E-state index < -0.39 is 5.41 Å². The van der Waals surface area contributed by atoms with Gasteiger partial charge in [-0.25, -0.2) is 0 Å². The Labute approximate surface area is 116 Å². The first-order valence-corrected chi connectivity index (χ1v) is 7.39. The SMILES string of the molecule is C=CCC(C)(C(=O)C1CCCCC1)c1ccccc1. The molecule has 0 heterocycles. The highest BCUT2D eigenvalue weighted by atomic mass is 16.1. The van der Waals surface area contributed by atoms with E-state index in [-0.39, 0.29) is 5.92 Å². The summed E-state index contributed by atoms with van der Waals surface area (Å²) in [4.78, 5) is 13.0. The molecule has 2 rings (SSSR count). The van der Waals surface area contributed by atoms with Crippen molar-refractivity contribution in [1.82, 2.24) is 0 Å². The lowest BCUT2D eigenvalue weighted by atomic mass is 9.69. The number of rotatable bonds is 5. The molecule has 0 N–H and O–H groups in total. The van der Waals surface area contributed by atoms with Gasteiger partial charge in [-0.05, 0) is 31.7 Å². The Balaban J connectivity index is 2.27. The third-order valence-corrected chi connectivity index (χ3v) is 4.48. The first kappa shape index (κ1) is 14.0. The van der Waals surface area contributed by atoms with Crippen LogP contribution in [0.4, 0.5) is 0 Å². The highest BCUT2D eigenvalue weighted by molar-refractivity contribution is 5.92. The molecule has 1 unspecified atom stereocenters. The predicted molar refractivity (Wildman–Crippen MR) is 80.2 cm³/mol. The molecule has 0 radical (unpaired) electrons. The Hall–Kier alpha value is -1.37. The molecule has 1 fully saturated rings. The van der Waals surface area contributed by atoms with E-state index in [1.165, 1.54) is 19.3 Å². The number of allylic oxidation sites excluding steroid dienone is 1. The first-order valence-electron chi connectivity index (χ1n) is 7.39. The van der Waals surface area contributed by atoms with Crippen LogP contribution in [0.3, 0.4) is 0 Å². The van der Waals surface area contributed by atoms with Crippen molar-refractivity contribution < 1.29 is 4.79 Å². The summed E-state index contributed by atoms with van der Waals surface area (Å²) in [5.41, 5.74) is 0.732. The van der Waals surface area contributed by atoms with E-state index in [0.717, 1.165) is 24.8 Å². The molecule has 1 atom stereocenters. The van der Waals surface area contributed by atoms with Gasteiger partial charge in [0.05, 0.1) is 5.41 Å². The van der Waals surface area contributed by atoms with Gasteiger partial charge in [0, 0.05) is 5.92 Å². The molecular weight excluding hydrogens is 232 g/mol. The molecule has 1 nitrogen and oxygen atoms in total. The summed E-state index contributed by atoms with van der Waals surface area (Å²) in [7, 11) is 0. The highest BCUT2D eigenvalue weighted by Gasteiger charge is 2.38. The second-order valence-electron chi connectivity index (χ2n) is 5.89.